The number of benzene rings is 2. The number of likely N-dealkylation sites (N-methyl/N-ethyl adjacent to an activating group) is 1. The van der Waals surface area contributed by atoms with Crippen molar-refractivity contribution in [3.63, 3.8) is 0 Å². The first-order valence-corrected chi connectivity index (χ1v) is 11.0. The molecule has 0 saturated carbocycles. The molecule has 2 heterocycles. The lowest BCUT2D eigenvalue weighted by Gasteiger charge is -2.34. The number of rotatable bonds is 7. The van der Waals surface area contributed by atoms with Gasteiger partial charge >= 0.3 is 0 Å². The molecule has 3 aromatic rings. The van der Waals surface area contributed by atoms with E-state index in [1.165, 1.54) is 5.69 Å². The van der Waals surface area contributed by atoms with Gasteiger partial charge in [0.1, 0.15) is 5.75 Å². The monoisotopic (exact) mass is 430 g/mol. The average molecular weight is 431 g/mol. The molecule has 1 aliphatic rings. The van der Waals surface area contributed by atoms with Gasteiger partial charge in [-0.1, -0.05) is 24.3 Å². The van der Waals surface area contributed by atoms with Crippen molar-refractivity contribution in [1.29, 1.82) is 0 Å². The zero-order valence-corrected chi connectivity index (χ0v) is 18.8. The molecule has 2 aromatic carbocycles. The van der Waals surface area contributed by atoms with Crippen LogP contribution in [0.3, 0.4) is 0 Å². The number of ether oxygens (including phenoxy) is 1. The number of methoxy groups -OCH3 is 1. The van der Waals surface area contributed by atoms with Crippen molar-refractivity contribution in [2.24, 2.45) is 0 Å². The Morgan fingerprint density at radius 3 is 2.38 bits per heavy atom. The zero-order valence-electron chi connectivity index (χ0n) is 18.8. The maximum atomic E-state index is 12.6. The number of amides is 1. The molecular formula is C26H30N4O2. The van der Waals surface area contributed by atoms with Gasteiger partial charge in [0.05, 0.1) is 12.7 Å². The van der Waals surface area contributed by atoms with E-state index in [2.05, 4.69) is 51.4 Å². The van der Waals surface area contributed by atoms with Crippen molar-refractivity contribution in [3.05, 3.63) is 78.1 Å². The van der Waals surface area contributed by atoms with Crippen LogP contribution in [0.1, 0.15) is 15.9 Å². The van der Waals surface area contributed by atoms with E-state index in [1.54, 1.807) is 19.5 Å². The predicted octanol–water partition coefficient (Wildman–Crippen LogP) is 3.48. The molecular weight excluding hydrogens is 400 g/mol. The normalized spacial score (nSPS) is 14.2. The number of hydrogen-bond donors (Lipinski definition) is 1. The van der Waals surface area contributed by atoms with Crippen LogP contribution in [0.15, 0.2) is 67.0 Å². The van der Waals surface area contributed by atoms with Crippen LogP contribution in [0.4, 0.5) is 5.69 Å². The molecule has 1 N–H and O–H groups in total. The van der Waals surface area contributed by atoms with Crippen molar-refractivity contribution in [2.45, 2.75) is 6.42 Å². The molecule has 0 spiro atoms. The summed E-state index contributed by atoms with van der Waals surface area (Å²) in [5, 5.41) is 2.99. The van der Waals surface area contributed by atoms with E-state index in [9.17, 15) is 4.79 Å². The summed E-state index contributed by atoms with van der Waals surface area (Å²) in [5.41, 5.74) is 4.96. The smallest absolute Gasteiger partial charge is 0.252 e. The van der Waals surface area contributed by atoms with Crippen LogP contribution in [0.25, 0.3) is 11.1 Å². The lowest BCUT2D eigenvalue weighted by Crippen LogP contribution is -2.44. The van der Waals surface area contributed by atoms with Gasteiger partial charge in [-0.25, -0.2) is 0 Å². The lowest BCUT2D eigenvalue weighted by molar-refractivity contribution is 0.0954. The van der Waals surface area contributed by atoms with E-state index in [0.29, 0.717) is 12.1 Å². The summed E-state index contributed by atoms with van der Waals surface area (Å²) in [7, 11) is 3.81. The third-order valence-corrected chi connectivity index (χ3v) is 5.93. The van der Waals surface area contributed by atoms with Crippen molar-refractivity contribution >= 4 is 11.6 Å². The van der Waals surface area contributed by atoms with Crippen molar-refractivity contribution in [1.82, 2.24) is 15.2 Å². The number of hydrogen-bond acceptors (Lipinski definition) is 5. The van der Waals surface area contributed by atoms with Crippen LogP contribution in [-0.4, -0.2) is 62.7 Å². The van der Waals surface area contributed by atoms with Crippen LogP contribution in [0.5, 0.6) is 5.75 Å². The Hall–Kier alpha value is -3.38. The zero-order chi connectivity index (χ0) is 22.3. The first-order valence-electron chi connectivity index (χ1n) is 11.0. The Morgan fingerprint density at radius 2 is 1.69 bits per heavy atom. The van der Waals surface area contributed by atoms with Gasteiger partial charge in [0.25, 0.3) is 5.91 Å². The van der Waals surface area contributed by atoms with E-state index in [4.69, 9.17) is 4.74 Å². The number of carbonyl (C=O) groups excluding carboxylic acids is 1. The lowest BCUT2D eigenvalue weighted by atomic mass is 10.0. The topological polar surface area (TPSA) is 57.7 Å². The number of nitrogens with one attached hydrogen (secondary N) is 1. The van der Waals surface area contributed by atoms with Gasteiger partial charge < -0.3 is 19.9 Å². The molecule has 1 saturated heterocycles. The molecule has 4 rings (SSSR count). The van der Waals surface area contributed by atoms with Gasteiger partial charge in [-0.2, -0.15) is 0 Å². The molecule has 32 heavy (non-hydrogen) atoms. The summed E-state index contributed by atoms with van der Waals surface area (Å²) < 4.78 is 5.18. The van der Waals surface area contributed by atoms with Gasteiger partial charge in [-0.15, -0.1) is 0 Å². The molecule has 6 nitrogen and oxygen atoms in total. The number of aromatic nitrogens is 1. The number of carbonyl (C=O) groups is 1. The summed E-state index contributed by atoms with van der Waals surface area (Å²) >= 11 is 0. The van der Waals surface area contributed by atoms with E-state index in [1.807, 2.05) is 30.3 Å². The minimum atomic E-state index is -0.109. The molecule has 1 amide bonds. The molecule has 0 atom stereocenters. The SMILES string of the molecule is COc1ccc(CCNC(=O)c2cncc(-c3ccc(N4CCN(C)CC4)cc3)c2)cc1. The van der Waals surface area contributed by atoms with E-state index in [-0.39, 0.29) is 5.91 Å². The van der Waals surface area contributed by atoms with Gasteiger partial charge in [-0.05, 0) is 54.9 Å². The number of anilines is 1. The van der Waals surface area contributed by atoms with Crippen molar-refractivity contribution in [3.8, 4) is 16.9 Å². The fourth-order valence-electron chi connectivity index (χ4n) is 3.87. The second kappa shape index (κ2) is 10.3. The molecule has 0 unspecified atom stereocenters. The Labute approximate surface area is 189 Å². The van der Waals surface area contributed by atoms with E-state index < -0.39 is 0 Å². The Kier molecular flexibility index (Phi) is 7.02. The van der Waals surface area contributed by atoms with E-state index in [0.717, 1.165) is 55.0 Å². The van der Waals surface area contributed by atoms with Crippen LogP contribution in [-0.2, 0) is 6.42 Å². The third kappa shape index (κ3) is 5.45. The predicted molar refractivity (Wildman–Crippen MR) is 128 cm³/mol. The molecule has 0 bridgehead atoms. The highest BCUT2D eigenvalue weighted by atomic mass is 16.5. The minimum Gasteiger partial charge on any atom is -0.497 e. The largest absolute Gasteiger partial charge is 0.497 e. The minimum absolute atomic E-state index is 0.109. The number of piperazine rings is 1. The van der Waals surface area contributed by atoms with Gasteiger partial charge in [0.2, 0.25) is 0 Å². The molecule has 0 radical (unpaired) electrons. The number of nitrogens with zero attached hydrogens (tertiary/aromatic N) is 3. The van der Waals surface area contributed by atoms with Gasteiger partial charge in [-0.3, -0.25) is 9.78 Å². The van der Waals surface area contributed by atoms with Crippen molar-refractivity contribution < 1.29 is 9.53 Å². The highest BCUT2D eigenvalue weighted by Crippen LogP contribution is 2.24. The first-order chi connectivity index (χ1) is 15.6. The van der Waals surface area contributed by atoms with Gasteiger partial charge in [0.15, 0.2) is 0 Å². The summed E-state index contributed by atoms with van der Waals surface area (Å²) in [6.07, 6.45) is 4.18. The Balaban J connectivity index is 1.35. The van der Waals surface area contributed by atoms with Crippen LogP contribution in [0, 0.1) is 0 Å². The first kappa shape index (κ1) is 21.8. The maximum Gasteiger partial charge on any atom is 0.252 e. The van der Waals surface area contributed by atoms with Crippen LogP contribution < -0.4 is 15.0 Å². The second-order valence-electron chi connectivity index (χ2n) is 8.15. The fourth-order valence-corrected chi connectivity index (χ4v) is 3.87. The fraction of sp³-hybridized carbons (Fsp3) is 0.308. The highest BCUT2D eigenvalue weighted by Gasteiger charge is 2.14. The molecule has 6 heteroatoms. The number of pyridine rings is 1. The summed E-state index contributed by atoms with van der Waals surface area (Å²) in [5.74, 6) is 0.721. The van der Waals surface area contributed by atoms with Crippen molar-refractivity contribution in [2.75, 3.05) is 51.8 Å². The molecule has 1 fully saturated rings. The summed E-state index contributed by atoms with van der Waals surface area (Å²) in [6.45, 7) is 4.82. The van der Waals surface area contributed by atoms with E-state index >= 15 is 0 Å². The van der Waals surface area contributed by atoms with Crippen LogP contribution in [0.2, 0.25) is 0 Å². The average Bonchev–Trinajstić information content (AvgIpc) is 2.85. The Morgan fingerprint density at radius 1 is 0.969 bits per heavy atom. The van der Waals surface area contributed by atoms with Crippen LogP contribution >= 0.6 is 0 Å². The highest BCUT2D eigenvalue weighted by molar-refractivity contribution is 5.95. The molecule has 166 valence electrons. The maximum absolute atomic E-state index is 12.6. The quantitative estimate of drug-likeness (QED) is 0.622. The third-order valence-electron chi connectivity index (χ3n) is 5.93. The summed E-state index contributed by atoms with van der Waals surface area (Å²) in [4.78, 5) is 21.7. The molecule has 1 aromatic heterocycles. The molecule has 0 aliphatic carbocycles. The standard InChI is InChI=1S/C26H30N4O2/c1-29-13-15-30(16-14-29)24-7-5-21(6-8-24)22-17-23(19-27-18-22)26(31)28-12-11-20-3-9-25(32-2)10-4-20/h3-10,17-19H,11-16H2,1-2H3,(H,28,31). The molecule has 1 aliphatic heterocycles. The second-order valence-corrected chi connectivity index (χ2v) is 8.15. The summed E-state index contributed by atoms with van der Waals surface area (Å²) in [6, 6.07) is 18.3. The Bertz CT molecular complexity index is 1030. The van der Waals surface area contributed by atoms with Gasteiger partial charge in [0, 0.05) is 56.4 Å².